The molecule has 1 aromatic carbocycles. The lowest BCUT2D eigenvalue weighted by Gasteiger charge is -2.08. The van der Waals surface area contributed by atoms with Crippen LogP contribution in [0, 0.1) is 6.92 Å². The van der Waals surface area contributed by atoms with Crippen LogP contribution in [-0.4, -0.2) is 16.2 Å². The second-order valence-corrected chi connectivity index (χ2v) is 4.41. The van der Waals surface area contributed by atoms with Gasteiger partial charge in [0, 0.05) is 18.5 Å². The molecule has 1 heterocycles. The first-order chi connectivity index (χ1) is 8.16. The van der Waals surface area contributed by atoms with Crippen molar-refractivity contribution in [2.75, 3.05) is 6.61 Å². The number of nitrogens with zero attached hydrogens (tertiary/aromatic N) is 2. The number of rotatable bonds is 4. The maximum absolute atomic E-state index is 5.89. The number of hydrogen-bond donors (Lipinski definition) is 0. The normalized spacial score (nSPS) is 10.5. The van der Waals surface area contributed by atoms with E-state index in [2.05, 4.69) is 4.98 Å². The fourth-order valence-corrected chi connectivity index (χ4v) is 1.76. The predicted octanol–water partition coefficient (Wildman–Crippen LogP) is 3.58. The lowest BCUT2D eigenvalue weighted by Crippen LogP contribution is -2.08. The molecule has 2 aromatic rings. The van der Waals surface area contributed by atoms with Gasteiger partial charge in [-0.3, -0.25) is 0 Å². The average molecular weight is 271 g/mol. The largest absolute Gasteiger partial charge is 0.492 e. The third-order valence-corrected chi connectivity index (χ3v) is 3.15. The van der Waals surface area contributed by atoms with Gasteiger partial charge >= 0.3 is 0 Å². The van der Waals surface area contributed by atoms with Gasteiger partial charge in [0.2, 0.25) is 0 Å². The lowest BCUT2D eigenvalue weighted by molar-refractivity contribution is 0.297. The maximum atomic E-state index is 5.89. The molecule has 90 valence electrons. The number of benzene rings is 1. The Hall–Kier alpha value is -1.19. The first-order valence-corrected chi connectivity index (χ1v) is 5.98. The first-order valence-electron chi connectivity index (χ1n) is 5.22. The molecule has 0 saturated carbocycles. The van der Waals surface area contributed by atoms with Crippen molar-refractivity contribution in [1.29, 1.82) is 0 Å². The van der Waals surface area contributed by atoms with Gasteiger partial charge in [-0.05, 0) is 19.1 Å². The van der Waals surface area contributed by atoms with E-state index in [4.69, 9.17) is 27.9 Å². The van der Waals surface area contributed by atoms with Crippen molar-refractivity contribution in [3.8, 4) is 5.75 Å². The Balaban J connectivity index is 1.90. The molecule has 0 aliphatic carbocycles. The van der Waals surface area contributed by atoms with E-state index < -0.39 is 0 Å². The van der Waals surface area contributed by atoms with Crippen molar-refractivity contribution in [2.24, 2.45) is 0 Å². The molecule has 0 amide bonds. The fourth-order valence-electron chi connectivity index (χ4n) is 1.47. The highest BCUT2D eigenvalue weighted by Crippen LogP contribution is 2.26. The zero-order valence-corrected chi connectivity index (χ0v) is 10.9. The van der Waals surface area contributed by atoms with Crippen LogP contribution in [0.3, 0.4) is 0 Å². The predicted molar refractivity (Wildman–Crippen MR) is 68.9 cm³/mol. The number of hydrogen-bond acceptors (Lipinski definition) is 2. The number of aromatic nitrogens is 2. The van der Waals surface area contributed by atoms with Gasteiger partial charge in [-0.15, -0.1) is 0 Å². The van der Waals surface area contributed by atoms with Crippen molar-refractivity contribution in [3.63, 3.8) is 0 Å². The van der Waals surface area contributed by atoms with Crippen LogP contribution in [0.5, 0.6) is 5.75 Å². The molecule has 0 fully saturated rings. The summed E-state index contributed by atoms with van der Waals surface area (Å²) >= 11 is 11.7. The molecule has 0 atom stereocenters. The zero-order valence-electron chi connectivity index (χ0n) is 9.36. The molecular weight excluding hydrogens is 259 g/mol. The Kier molecular flexibility index (Phi) is 3.92. The Morgan fingerprint density at radius 2 is 2.12 bits per heavy atom. The van der Waals surface area contributed by atoms with E-state index in [1.165, 1.54) is 0 Å². The van der Waals surface area contributed by atoms with Crippen molar-refractivity contribution < 1.29 is 4.74 Å². The van der Waals surface area contributed by atoms with Crippen LogP contribution in [0.4, 0.5) is 0 Å². The summed E-state index contributed by atoms with van der Waals surface area (Å²) in [5, 5.41) is 1.03. The van der Waals surface area contributed by atoms with Gasteiger partial charge in [-0.1, -0.05) is 23.2 Å². The Labute approximate surface area is 110 Å². The molecule has 0 radical (unpaired) electrons. The van der Waals surface area contributed by atoms with E-state index in [0.29, 0.717) is 16.7 Å². The van der Waals surface area contributed by atoms with E-state index in [1.54, 1.807) is 24.4 Å². The van der Waals surface area contributed by atoms with E-state index >= 15 is 0 Å². The van der Waals surface area contributed by atoms with Gasteiger partial charge < -0.3 is 9.30 Å². The Morgan fingerprint density at radius 3 is 2.76 bits per heavy atom. The van der Waals surface area contributed by atoms with Crippen LogP contribution in [0.2, 0.25) is 10.0 Å². The van der Waals surface area contributed by atoms with Gasteiger partial charge in [-0.25, -0.2) is 4.98 Å². The van der Waals surface area contributed by atoms with Gasteiger partial charge in [0.25, 0.3) is 0 Å². The highest BCUT2D eigenvalue weighted by atomic mass is 35.5. The molecule has 0 bridgehead atoms. The number of imidazole rings is 1. The van der Waals surface area contributed by atoms with E-state index in [0.717, 1.165) is 18.1 Å². The molecule has 17 heavy (non-hydrogen) atoms. The fraction of sp³-hybridized carbons (Fsp3) is 0.250. The van der Waals surface area contributed by atoms with Gasteiger partial charge in [0.05, 0.1) is 16.6 Å². The van der Waals surface area contributed by atoms with Crippen molar-refractivity contribution >= 4 is 23.2 Å². The number of ether oxygens (including phenoxy) is 1. The Bertz CT molecular complexity index is 511. The SMILES string of the molecule is Cc1nccn1CCOc1ccc(Cl)c(Cl)c1. The zero-order chi connectivity index (χ0) is 12.3. The minimum atomic E-state index is 0.503. The Morgan fingerprint density at radius 1 is 1.29 bits per heavy atom. The molecule has 0 unspecified atom stereocenters. The van der Waals surface area contributed by atoms with E-state index in [-0.39, 0.29) is 0 Å². The number of halogens is 2. The molecule has 1 aromatic heterocycles. The molecule has 0 saturated heterocycles. The summed E-state index contributed by atoms with van der Waals surface area (Å²) in [6.45, 7) is 3.28. The van der Waals surface area contributed by atoms with Gasteiger partial charge in [-0.2, -0.15) is 0 Å². The topological polar surface area (TPSA) is 27.1 Å². The maximum Gasteiger partial charge on any atom is 0.120 e. The van der Waals surface area contributed by atoms with Crippen molar-refractivity contribution in [3.05, 3.63) is 46.5 Å². The van der Waals surface area contributed by atoms with Crippen LogP contribution in [-0.2, 0) is 6.54 Å². The van der Waals surface area contributed by atoms with Crippen LogP contribution in [0.15, 0.2) is 30.6 Å². The molecule has 5 heteroatoms. The standard InChI is InChI=1S/C12H12Cl2N2O/c1-9-15-4-5-16(9)6-7-17-10-2-3-11(13)12(14)8-10/h2-5,8H,6-7H2,1H3. The summed E-state index contributed by atoms with van der Waals surface area (Å²) in [6.07, 6.45) is 3.70. The highest BCUT2D eigenvalue weighted by Gasteiger charge is 2.01. The van der Waals surface area contributed by atoms with Crippen LogP contribution < -0.4 is 4.74 Å². The molecule has 3 nitrogen and oxygen atoms in total. The second-order valence-electron chi connectivity index (χ2n) is 3.59. The van der Waals surface area contributed by atoms with Crippen molar-refractivity contribution in [1.82, 2.24) is 9.55 Å². The summed E-state index contributed by atoms with van der Waals surface area (Å²) in [5.41, 5.74) is 0. The van der Waals surface area contributed by atoms with Gasteiger partial charge in [0.1, 0.15) is 18.2 Å². The minimum Gasteiger partial charge on any atom is -0.492 e. The summed E-state index contributed by atoms with van der Waals surface area (Å²) in [6, 6.07) is 5.24. The van der Waals surface area contributed by atoms with Crippen LogP contribution in [0.25, 0.3) is 0 Å². The summed E-state index contributed by atoms with van der Waals surface area (Å²) < 4.78 is 7.60. The molecule has 0 aliphatic heterocycles. The third-order valence-electron chi connectivity index (χ3n) is 2.42. The van der Waals surface area contributed by atoms with E-state index in [1.807, 2.05) is 17.7 Å². The van der Waals surface area contributed by atoms with Crippen LogP contribution >= 0.6 is 23.2 Å². The molecule has 0 spiro atoms. The average Bonchev–Trinajstić information content (AvgIpc) is 2.70. The van der Waals surface area contributed by atoms with Gasteiger partial charge in [0.15, 0.2) is 0 Å². The highest BCUT2D eigenvalue weighted by molar-refractivity contribution is 6.42. The smallest absolute Gasteiger partial charge is 0.120 e. The van der Waals surface area contributed by atoms with Crippen molar-refractivity contribution in [2.45, 2.75) is 13.5 Å². The lowest BCUT2D eigenvalue weighted by atomic mass is 10.3. The van der Waals surface area contributed by atoms with Crippen LogP contribution in [0.1, 0.15) is 5.82 Å². The summed E-state index contributed by atoms with van der Waals surface area (Å²) in [4.78, 5) is 4.14. The summed E-state index contributed by atoms with van der Waals surface area (Å²) in [5.74, 6) is 1.69. The molecular formula is C12H12Cl2N2O. The molecule has 0 N–H and O–H groups in total. The minimum absolute atomic E-state index is 0.503. The molecule has 0 aliphatic rings. The molecule has 2 rings (SSSR count). The monoisotopic (exact) mass is 270 g/mol. The summed E-state index contributed by atoms with van der Waals surface area (Å²) in [7, 11) is 0. The first kappa shape index (κ1) is 12.3. The van der Waals surface area contributed by atoms with E-state index in [9.17, 15) is 0 Å². The second kappa shape index (κ2) is 5.43. The quantitative estimate of drug-likeness (QED) is 0.849. The number of aryl methyl sites for hydroxylation is 1. The third kappa shape index (κ3) is 3.14.